The van der Waals surface area contributed by atoms with Crippen molar-refractivity contribution < 1.29 is 14.7 Å². The molecule has 2 amide bonds. The number of nitrogens with zero attached hydrogens (tertiary/aromatic N) is 1. The number of carboxylic acid groups (broad SMARTS) is 1. The summed E-state index contributed by atoms with van der Waals surface area (Å²) in [5, 5.41) is 12.0. The Balaban J connectivity index is 1.73. The third-order valence-electron chi connectivity index (χ3n) is 5.48. The minimum Gasteiger partial charge on any atom is -0.465 e. The van der Waals surface area contributed by atoms with Gasteiger partial charge in [0, 0.05) is 24.2 Å². The lowest BCUT2D eigenvalue weighted by molar-refractivity contribution is -0.135. The van der Waals surface area contributed by atoms with Gasteiger partial charge in [-0.2, -0.15) is 0 Å². The van der Waals surface area contributed by atoms with E-state index in [1.54, 1.807) is 0 Å². The van der Waals surface area contributed by atoms with Crippen LogP contribution in [-0.2, 0) is 4.79 Å². The van der Waals surface area contributed by atoms with Crippen molar-refractivity contribution in [3.8, 4) is 0 Å². The van der Waals surface area contributed by atoms with E-state index in [1.165, 1.54) is 12.8 Å². The quantitative estimate of drug-likeness (QED) is 0.851. The number of likely N-dealkylation sites (tertiary alicyclic amines) is 1. The van der Waals surface area contributed by atoms with Crippen LogP contribution in [0.25, 0.3) is 0 Å². The number of piperidine rings is 1. The van der Waals surface area contributed by atoms with Crippen molar-refractivity contribution in [2.45, 2.75) is 50.5 Å². The Morgan fingerprint density at radius 2 is 1.84 bits per heavy atom. The van der Waals surface area contributed by atoms with Crippen LogP contribution in [0.5, 0.6) is 0 Å². The van der Waals surface area contributed by atoms with Gasteiger partial charge in [0.2, 0.25) is 5.91 Å². The molecule has 1 aliphatic heterocycles. The first-order chi connectivity index (χ1) is 12.0. The second kappa shape index (κ2) is 8.09. The van der Waals surface area contributed by atoms with Gasteiger partial charge in [0.05, 0.1) is 5.92 Å². The molecule has 0 radical (unpaired) electrons. The van der Waals surface area contributed by atoms with Gasteiger partial charge in [0.15, 0.2) is 0 Å². The van der Waals surface area contributed by atoms with Crippen LogP contribution in [0, 0.1) is 5.92 Å². The predicted octanol–water partition coefficient (Wildman–Crippen LogP) is 3.87. The maximum absolute atomic E-state index is 13.3. The van der Waals surface area contributed by atoms with Gasteiger partial charge in [-0.3, -0.25) is 4.79 Å². The molecule has 2 aliphatic rings. The van der Waals surface area contributed by atoms with E-state index in [2.05, 4.69) is 5.32 Å². The first-order valence-electron chi connectivity index (χ1n) is 9.08. The molecule has 2 N–H and O–H groups in total. The van der Waals surface area contributed by atoms with Gasteiger partial charge in [-0.15, -0.1) is 0 Å². The highest BCUT2D eigenvalue weighted by atomic mass is 35.5. The molecule has 1 aliphatic carbocycles. The van der Waals surface area contributed by atoms with Crippen molar-refractivity contribution in [3.05, 3.63) is 34.9 Å². The van der Waals surface area contributed by atoms with Crippen LogP contribution in [-0.4, -0.2) is 41.1 Å². The van der Waals surface area contributed by atoms with E-state index in [9.17, 15) is 9.59 Å². The zero-order chi connectivity index (χ0) is 17.8. The maximum Gasteiger partial charge on any atom is 0.404 e. The average molecular weight is 365 g/mol. The average Bonchev–Trinajstić information content (AvgIpc) is 3.09. The summed E-state index contributed by atoms with van der Waals surface area (Å²) in [6, 6.07) is 7.62. The first kappa shape index (κ1) is 18.1. The molecule has 1 saturated heterocycles. The van der Waals surface area contributed by atoms with E-state index in [0.717, 1.165) is 18.4 Å². The van der Waals surface area contributed by atoms with Crippen molar-refractivity contribution in [3.63, 3.8) is 0 Å². The number of carbonyl (C=O) groups is 2. The highest BCUT2D eigenvalue weighted by Crippen LogP contribution is 2.39. The summed E-state index contributed by atoms with van der Waals surface area (Å²) in [4.78, 5) is 26.0. The van der Waals surface area contributed by atoms with E-state index >= 15 is 0 Å². The molecule has 0 bridgehead atoms. The Labute approximate surface area is 153 Å². The Morgan fingerprint density at radius 3 is 2.44 bits per heavy atom. The van der Waals surface area contributed by atoms with Gasteiger partial charge in [0.1, 0.15) is 0 Å². The summed E-state index contributed by atoms with van der Waals surface area (Å²) < 4.78 is 0. The fourth-order valence-electron chi connectivity index (χ4n) is 4.22. The summed E-state index contributed by atoms with van der Waals surface area (Å²) in [5.74, 6) is 0.411. The standard InChI is InChI=1S/C19H25ClN2O3/c20-15-7-3-6-14(12-15)17(13-4-1-2-5-13)18(23)22-10-8-16(9-11-22)21-19(24)25/h3,6-7,12-13,16-17,21H,1-2,4-5,8-11H2,(H,24,25). The van der Waals surface area contributed by atoms with Gasteiger partial charge in [-0.25, -0.2) is 4.79 Å². The molecule has 25 heavy (non-hydrogen) atoms. The Hall–Kier alpha value is -1.75. The molecular formula is C19H25ClN2O3. The van der Waals surface area contributed by atoms with Crippen LogP contribution in [0.15, 0.2) is 24.3 Å². The van der Waals surface area contributed by atoms with Crippen LogP contribution >= 0.6 is 11.6 Å². The molecule has 3 rings (SSSR count). The predicted molar refractivity (Wildman–Crippen MR) is 96.9 cm³/mol. The number of benzene rings is 1. The van der Waals surface area contributed by atoms with Crippen LogP contribution in [0.1, 0.15) is 50.0 Å². The molecular weight excluding hydrogens is 340 g/mol. The summed E-state index contributed by atoms with van der Waals surface area (Å²) in [7, 11) is 0. The van der Waals surface area contributed by atoms with Gasteiger partial charge in [-0.1, -0.05) is 36.6 Å². The summed E-state index contributed by atoms with van der Waals surface area (Å²) in [6.07, 6.45) is 4.88. The third kappa shape index (κ3) is 4.46. The third-order valence-corrected chi connectivity index (χ3v) is 5.71. The summed E-state index contributed by atoms with van der Waals surface area (Å²) in [6.45, 7) is 1.21. The van der Waals surface area contributed by atoms with Crippen LogP contribution in [0.3, 0.4) is 0 Å². The molecule has 1 aromatic rings. The lowest BCUT2D eigenvalue weighted by Gasteiger charge is -2.36. The number of carbonyl (C=O) groups excluding carboxylic acids is 1. The highest BCUT2D eigenvalue weighted by molar-refractivity contribution is 6.30. The molecule has 1 atom stereocenters. The number of hydrogen-bond acceptors (Lipinski definition) is 2. The zero-order valence-corrected chi connectivity index (χ0v) is 15.0. The van der Waals surface area contributed by atoms with Gasteiger partial charge in [0.25, 0.3) is 0 Å². The fourth-order valence-corrected chi connectivity index (χ4v) is 4.42. The molecule has 0 spiro atoms. The molecule has 136 valence electrons. The largest absolute Gasteiger partial charge is 0.465 e. The van der Waals surface area contributed by atoms with Crippen LogP contribution in [0.4, 0.5) is 4.79 Å². The van der Waals surface area contributed by atoms with Crippen molar-refractivity contribution in [2.75, 3.05) is 13.1 Å². The maximum atomic E-state index is 13.3. The van der Waals surface area contributed by atoms with Crippen molar-refractivity contribution >= 4 is 23.6 Å². The topological polar surface area (TPSA) is 69.6 Å². The van der Waals surface area contributed by atoms with Crippen LogP contribution < -0.4 is 5.32 Å². The fraction of sp³-hybridized carbons (Fsp3) is 0.579. The minimum atomic E-state index is -0.993. The number of rotatable bonds is 4. The normalized spacial score (nSPS) is 20.4. The summed E-state index contributed by atoms with van der Waals surface area (Å²) in [5.41, 5.74) is 1.01. The van der Waals surface area contributed by atoms with Gasteiger partial charge >= 0.3 is 6.09 Å². The number of hydrogen-bond donors (Lipinski definition) is 2. The smallest absolute Gasteiger partial charge is 0.404 e. The number of halogens is 1. The Bertz CT molecular complexity index is 623. The molecule has 1 heterocycles. The molecule has 1 unspecified atom stereocenters. The lowest BCUT2D eigenvalue weighted by atomic mass is 9.83. The Morgan fingerprint density at radius 1 is 1.16 bits per heavy atom. The molecule has 1 aromatic carbocycles. The molecule has 5 nitrogen and oxygen atoms in total. The van der Waals surface area contributed by atoms with Crippen molar-refractivity contribution in [1.82, 2.24) is 10.2 Å². The first-order valence-corrected chi connectivity index (χ1v) is 9.46. The zero-order valence-electron chi connectivity index (χ0n) is 14.3. The van der Waals surface area contributed by atoms with Gasteiger partial charge in [-0.05, 0) is 49.3 Å². The SMILES string of the molecule is O=C(O)NC1CCN(C(=O)C(c2cccc(Cl)c2)C2CCCC2)CC1. The Kier molecular flexibility index (Phi) is 5.84. The van der Waals surface area contributed by atoms with E-state index < -0.39 is 6.09 Å². The van der Waals surface area contributed by atoms with Crippen molar-refractivity contribution in [2.24, 2.45) is 5.92 Å². The lowest BCUT2D eigenvalue weighted by Crippen LogP contribution is -2.48. The molecule has 0 aromatic heterocycles. The second-order valence-corrected chi connectivity index (χ2v) is 7.56. The van der Waals surface area contributed by atoms with E-state index in [0.29, 0.717) is 36.9 Å². The van der Waals surface area contributed by atoms with E-state index in [1.807, 2.05) is 29.2 Å². The number of amides is 2. The highest BCUT2D eigenvalue weighted by Gasteiger charge is 2.36. The van der Waals surface area contributed by atoms with Gasteiger partial charge < -0.3 is 15.3 Å². The molecule has 2 fully saturated rings. The monoisotopic (exact) mass is 364 g/mol. The van der Waals surface area contributed by atoms with Crippen molar-refractivity contribution in [1.29, 1.82) is 0 Å². The van der Waals surface area contributed by atoms with E-state index in [4.69, 9.17) is 16.7 Å². The summed E-state index contributed by atoms with van der Waals surface area (Å²) >= 11 is 6.16. The number of nitrogens with one attached hydrogen (secondary N) is 1. The molecule has 1 saturated carbocycles. The van der Waals surface area contributed by atoms with Crippen LogP contribution in [0.2, 0.25) is 5.02 Å². The van der Waals surface area contributed by atoms with E-state index in [-0.39, 0.29) is 17.9 Å². The molecule has 6 heteroatoms. The second-order valence-electron chi connectivity index (χ2n) is 7.13. The minimum absolute atomic E-state index is 0.0577.